The van der Waals surface area contributed by atoms with Crippen LogP contribution in [0.2, 0.25) is 0 Å². The Balaban J connectivity index is 1.59. The van der Waals surface area contributed by atoms with Crippen molar-refractivity contribution < 1.29 is 9.53 Å². The second kappa shape index (κ2) is 8.94. The number of carbonyl (C=O) groups excluding carboxylic acids is 1. The van der Waals surface area contributed by atoms with Gasteiger partial charge in [-0.15, -0.1) is 0 Å². The Kier molecular flexibility index (Phi) is 6.15. The van der Waals surface area contributed by atoms with Crippen molar-refractivity contribution in [3.8, 4) is 5.75 Å². The minimum Gasteiger partial charge on any atom is -0.495 e. The number of aromatic nitrogens is 1. The molecular weight excluding hydrogens is 338 g/mol. The molecule has 3 rings (SSSR count). The van der Waals surface area contributed by atoms with E-state index in [4.69, 9.17) is 4.74 Å². The van der Waals surface area contributed by atoms with Gasteiger partial charge in [0.25, 0.3) is 0 Å². The quantitative estimate of drug-likeness (QED) is 0.530. The van der Waals surface area contributed by atoms with Crippen molar-refractivity contribution >= 4 is 28.6 Å². The van der Waals surface area contributed by atoms with Crippen molar-refractivity contribution in [3.05, 3.63) is 65.9 Å². The van der Waals surface area contributed by atoms with Crippen molar-refractivity contribution in [1.82, 2.24) is 10.3 Å². The number of hydrogen-bond donors (Lipinski definition) is 3. The Labute approximate surface area is 159 Å². The first-order chi connectivity index (χ1) is 13.2. The number of rotatable bonds is 8. The van der Waals surface area contributed by atoms with Crippen LogP contribution in [-0.4, -0.2) is 31.1 Å². The molecule has 0 radical (unpaired) electrons. The van der Waals surface area contributed by atoms with Crippen LogP contribution >= 0.6 is 0 Å². The molecule has 0 aliphatic carbocycles. The van der Waals surface area contributed by atoms with E-state index >= 15 is 0 Å². The minimum atomic E-state index is -0.104. The van der Waals surface area contributed by atoms with Gasteiger partial charge in [0.05, 0.1) is 12.6 Å². The summed E-state index contributed by atoms with van der Waals surface area (Å²) in [4.78, 5) is 15.3. The largest absolute Gasteiger partial charge is 0.495 e. The fourth-order valence-corrected chi connectivity index (χ4v) is 3.10. The number of aromatic amines is 1. The van der Waals surface area contributed by atoms with Crippen LogP contribution < -0.4 is 15.4 Å². The zero-order valence-electron chi connectivity index (χ0n) is 15.7. The Morgan fingerprint density at radius 1 is 1.19 bits per heavy atom. The number of methoxy groups -OCH3 is 1. The highest BCUT2D eigenvalue weighted by Crippen LogP contribution is 2.27. The lowest BCUT2D eigenvalue weighted by molar-refractivity contribution is -0.116. The molecule has 0 fully saturated rings. The molecule has 0 atom stereocenters. The molecule has 0 spiro atoms. The number of hydrogen-bond acceptors (Lipinski definition) is 3. The molecule has 0 aliphatic heterocycles. The summed E-state index contributed by atoms with van der Waals surface area (Å²) in [5, 5.41) is 7.31. The van der Waals surface area contributed by atoms with E-state index in [0.717, 1.165) is 40.9 Å². The van der Waals surface area contributed by atoms with Crippen LogP contribution in [-0.2, 0) is 11.2 Å². The maximum atomic E-state index is 12.1. The monoisotopic (exact) mass is 363 g/mol. The number of amides is 1. The fraction of sp³-hybridized carbons (Fsp3) is 0.227. The van der Waals surface area contributed by atoms with Crippen molar-refractivity contribution in [3.63, 3.8) is 0 Å². The van der Waals surface area contributed by atoms with E-state index in [2.05, 4.69) is 34.7 Å². The van der Waals surface area contributed by atoms with Gasteiger partial charge in [-0.3, -0.25) is 4.79 Å². The number of nitrogens with one attached hydrogen (secondary N) is 3. The summed E-state index contributed by atoms with van der Waals surface area (Å²) in [7, 11) is 1.65. The average molecular weight is 363 g/mol. The second-order valence-corrected chi connectivity index (χ2v) is 6.19. The lowest BCUT2D eigenvalue weighted by Gasteiger charge is -2.10. The summed E-state index contributed by atoms with van der Waals surface area (Å²) in [5.74, 6) is 0.684. The van der Waals surface area contributed by atoms with Gasteiger partial charge in [-0.25, -0.2) is 0 Å². The molecule has 1 aromatic heterocycles. The molecule has 140 valence electrons. The first-order valence-corrected chi connectivity index (χ1v) is 9.14. The standard InChI is InChI=1S/C22H25N3O2/c1-3-23-19-9-5-4-7-16(19)13-14-24-21(26)12-11-17-15-25-22-18(17)8-6-10-20(22)27-2/h4-12,15,23,25H,3,13-14H2,1-2H3,(H,24,26)/b12-11+. The molecule has 0 saturated heterocycles. The predicted octanol–water partition coefficient (Wildman–Crippen LogP) is 3.98. The van der Waals surface area contributed by atoms with E-state index in [0.29, 0.717) is 6.54 Å². The van der Waals surface area contributed by atoms with Gasteiger partial charge in [0.2, 0.25) is 5.91 Å². The molecule has 5 nitrogen and oxygen atoms in total. The summed E-state index contributed by atoms with van der Waals surface area (Å²) in [6, 6.07) is 14.0. The minimum absolute atomic E-state index is 0.104. The highest BCUT2D eigenvalue weighted by Gasteiger charge is 2.06. The molecule has 0 saturated carbocycles. The Morgan fingerprint density at radius 2 is 2.04 bits per heavy atom. The second-order valence-electron chi connectivity index (χ2n) is 6.19. The van der Waals surface area contributed by atoms with Crippen molar-refractivity contribution in [2.75, 3.05) is 25.5 Å². The smallest absolute Gasteiger partial charge is 0.244 e. The summed E-state index contributed by atoms with van der Waals surface area (Å²) >= 11 is 0. The molecule has 0 bridgehead atoms. The number of ether oxygens (including phenoxy) is 1. The lowest BCUT2D eigenvalue weighted by atomic mass is 10.1. The van der Waals surface area contributed by atoms with Crippen LogP contribution in [0.25, 0.3) is 17.0 Å². The van der Waals surface area contributed by atoms with Crippen LogP contribution in [0.1, 0.15) is 18.1 Å². The van der Waals surface area contributed by atoms with Crippen molar-refractivity contribution in [2.24, 2.45) is 0 Å². The Bertz CT molecular complexity index is 944. The lowest BCUT2D eigenvalue weighted by Crippen LogP contribution is -2.23. The maximum absolute atomic E-state index is 12.1. The van der Waals surface area contributed by atoms with Gasteiger partial charge in [-0.2, -0.15) is 0 Å². The van der Waals surface area contributed by atoms with Gasteiger partial charge in [0.1, 0.15) is 5.75 Å². The normalized spacial score (nSPS) is 11.0. The first-order valence-electron chi connectivity index (χ1n) is 9.14. The highest BCUT2D eigenvalue weighted by molar-refractivity contribution is 5.97. The zero-order valence-corrected chi connectivity index (χ0v) is 15.7. The topological polar surface area (TPSA) is 66.1 Å². The van der Waals surface area contributed by atoms with Crippen molar-refractivity contribution in [1.29, 1.82) is 0 Å². The first kappa shape index (κ1) is 18.6. The van der Waals surface area contributed by atoms with E-state index in [-0.39, 0.29) is 5.91 Å². The molecule has 1 amide bonds. The maximum Gasteiger partial charge on any atom is 0.244 e. The van der Waals surface area contributed by atoms with E-state index in [1.165, 1.54) is 5.56 Å². The van der Waals surface area contributed by atoms with Crippen LogP contribution in [0, 0.1) is 0 Å². The van der Waals surface area contributed by atoms with E-state index < -0.39 is 0 Å². The number of benzene rings is 2. The SMILES string of the molecule is CCNc1ccccc1CCNC(=O)/C=C/c1c[nH]c2c(OC)cccc12. The molecule has 27 heavy (non-hydrogen) atoms. The molecule has 0 unspecified atom stereocenters. The number of H-pyrrole nitrogens is 1. The predicted molar refractivity (Wildman–Crippen MR) is 111 cm³/mol. The Hall–Kier alpha value is -3.21. The third-order valence-electron chi connectivity index (χ3n) is 4.42. The molecular formula is C22H25N3O2. The highest BCUT2D eigenvalue weighted by atomic mass is 16.5. The molecule has 3 N–H and O–H groups in total. The zero-order chi connectivity index (χ0) is 19.1. The molecule has 2 aromatic carbocycles. The third kappa shape index (κ3) is 4.50. The van der Waals surface area contributed by atoms with E-state index in [1.807, 2.05) is 42.6 Å². The summed E-state index contributed by atoms with van der Waals surface area (Å²) < 4.78 is 5.35. The van der Waals surface area contributed by atoms with Gasteiger partial charge in [0, 0.05) is 42.0 Å². The van der Waals surface area contributed by atoms with Crippen LogP contribution in [0.3, 0.4) is 0 Å². The van der Waals surface area contributed by atoms with Gasteiger partial charge >= 0.3 is 0 Å². The number of carbonyl (C=O) groups is 1. The van der Waals surface area contributed by atoms with Crippen LogP contribution in [0.15, 0.2) is 54.7 Å². The summed E-state index contributed by atoms with van der Waals surface area (Å²) in [6.45, 7) is 3.54. The van der Waals surface area contributed by atoms with Gasteiger partial charge in [-0.1, -0.05) is 30.3 Å². The van der Waals surface area contributed by atoms with E-state index in [1.54, 1.807) is 13.2 Å². The number of fused-ring (bicyclic) bond motifs is 1. The summed E-state index contributed by atoms with van der Waals surface area (Å²) in [6.07, 6.45) is 6.05. The van der Waals surface area contributed by atoms with Crippen molar-refractivity contribution in [2.45, 2.75) is 13.3 Å². The van der Waals surface area contributed by atoms with Gasteiger partial charge in [0.15, 0.2) is 0 Å². The van der Waals surface area contributed by atoms with E-state index in [9.17, 15) is 4.79 Å². The van der Waals surface area contributed by atoms with Gasteiger partial charge < -0.3 is 20.4 Å². The number of anilines is 1. The fourth-order valence-electron chi connectivity index (χ4n) is 3.10. The number of para-hydroxylation sites is 2. The average Bonchev–Trinajstić information content (AvgIpc) is 3.11. The Morgan fingerprint density at radius 3 is 2.85 bits per heavy atom. The van der Waals surface area contributed by atoms with Crippen LogP contribution in [0.4, 0.5) is 5.69 Å². The summed E-state index contributed by atoms with van der Waals surface area (Å²) in [5.41, 5.74) is 4.21. The molecule has 5 heteroatoms. The van der Waals surface area contributed by atoms with Crippen LogP contribution in [0.5, 0.6) is 5.75 Å². The third-order valence-corrected chi connectivity index (χ3v) is 4.42. The molecule has 3 aromatic rings. The molecule has 0 aliphatic rings. The van der Waals surface area contributed by atoms with Gasteiger partial charge in [-0.05, 0) is 37.1 Å². The molecule has 1 heterocycles.